The second-order valence-electron chi connectivity index (χ2n) is 6.14. The number of anilines is 1. The number of hydrogen-bond acceptors (Lipinski definition) is 3. The molecule has 1 heterocycles. The minimum atomic E-state index is -0.547. The van der Waals surface area contributed by atoms with Gasteiger partial charge in [-0.15, -0.1) is 0 Å². The molecule has 0 unspecified atom stereocenters. The van der Waals surface area contributed by atoms with Gasteiger partial charge in [0.2, 0.25) is 5.91 Å². The maximum absolute atomic E-state index is 13.8. The minimum absolute atomic E-state index is 0.00752. The van der Waals surface area contributed by atoms with Crippen molar-refractivity contribution in [1.29, 1.82) is 0 Å². The van der Waals surface area contributed by atoms with E-state index in [1.54, 1.807) is 18.2 Å². The Hall–Kier alpha value is -3.41. The molecule has 0 aliphatic heterocycles. The van der Waals surface area contributed by atoms with E-state index in [9.17, 15) is 14.0 Å². The monoisotopic (exact) mass is 366 g/mol. The lowest BCUT2D eigenvalue weighted by Gasteiger charge is -2.11. The van der Waals surface area contributed by atoms with Crippen molar-refractivity contribution in [2.24, 2.45) is 0 Å². The highest BCUT2D eigenvalue weighted by Gasteiger charge is 2.15. The third kappa shape index (κ3) is 4.23. The van der Waals surface area contributed by atoms with Crippen LogP contribution in [0.25, 0.3) is 11.3 Å². The van der Waals surface area contributed by atoms with Gasteiger partial charge in [0.1, 0.15) is 11.6 Å². The maximum atomic E-state index is 13.8. The van der Waals surface area contributed by atoms with Crippen molar-refractivity contribution in [3.05, 3.63) is 77.3 Å². The van der Waals surface area contributed by atoms with Crippen LogP contribution in [-0.2, 0) is 4.79 Å². The molecule has 0 aliphatic carbocycles. The van der Waals surface area contributed by atoms with Gasteiger partial charge in [0.15, 0.2) is 5.76 Å². The first-order valence-electron chi connectivity index (χ1n) is 8.44. The van der Waals surface area contributed by atoms with E-state index in [1.165, 1.54) is 18.2 Å². The van der Waals surface area contributed by atoms with E-state index in [-0.39, 0.29) is 29.5 Å². The molecule has 138 valence electrons. The SMILES string of the molecule is Cc1cccc(C)c1NC(=O)CNC(=O)c1ccc(-c2ccccc2F)o1. The van der Waals surface area contributed by atoms with Crippen LogP contribution in [0.3, 0.4) is 0 Å². The summed E-state index contributed by atoms with van der Waals surface area (Å²) in [5.74, 6) is -1.07. The third-order valence-corrected chi connectivity index (χ3v) is 4.12. The Morgan fingerprint density at radius 3 is 2.37 bits per heavy atom. The molecule has 2 amide bonds. The number of aryl methyl sites for hydroxylation is 2. The average molecular weight is 366 g/mol. The summed E-state index contributed by atoms with van der Waals surface area (Å²) in [7, 11) is 0. The molecule has 3 aromatic rings. The number of carbonyl (C=O) groups excluding carboxylic acids is 2. The van der Waals surface area contributed by atoms with E-state index in [0.29, 0.717) is 0 Å². The molecule has 0 aliphatic rings. The molecule has 5 nitrogen and oxygen atoms in total. The summed E-state index contributed by atoms with van der Waals surface area (Å²) in [5, 5.41) is 5.29. The zero-order valence-electron chi connectivity index (χ0n) is 15.0. The molecule has 0 saturated carbocycles. The van der Waals surface area contributed by atoms with Crippen LogP contribution in [0.1, 0.15) is 21.7 Å². The topological polar surface area (TPSA) is 71.3 Å². The Bertz CT molecular complexity index is 974. The van der Waals surface area contributed by atoms with E-state index in [0.717, 1.165) is 16.8 Å². The zero-order chi connectivity index (χ0) is 19.4. The fraction of sp³-hybridized carbons (Fsp3) is 0.143. The first-order valence-corrected chi connectivity index (χ1v) is 8.44. The van der Waals surface area contributed by atoms with E-state index >= 15 is 0 Å². The molecule has 0 saturated heterocycles. The lowest BCUT2D eigenvalue weighted by Crippen LogP contribution is -2.32. The minimum Gasteiger partial charge on any atom is -0.451 e. The average Bonchev–Trinajstić information content (AvgIpc) is 3.13. The Labute approximate surface area is 156 Å². The van der Waals surface area contributed by atoms with E-state index in [4.69, 9.17) is 4.42 Å². The summed E-state index contributed by atoms with van der Waals surface area (Å²) in [6, 6.07) is 14.8. The van der Waals surface area contributed by atoms with Gasteiger partial charge in [-0.2, -0.15) is 0 Å². The van der Waals surface area contributed by atoms with Gasteiger partial charge in [-0.25, -0.2) is 4.39 Å². The summed E-state index contributed by atoms with van der Waals surface area (Å²) in [6.45, 7) is 3.59. The zero-order valence-corrected chi connectivity index (χ0v) is 15.0. The molecule has 0 atom stereocenters. The number of nitrogens with one attached hydrogen (secondary N) is 2. The van der Waals surface area contributed by atoms with Gasteiger partial charge >= 0.3 is 0 Å². The number of para-hydroxylation sites is 1. The van der Waals surface area contributed by atoms with Crippen molar-refractivity contribution < 1.29 is 18.4 Å². The highest BCUT2D eigenvalue weighted by atomic mass is 19.1. The molecular weight excluding hydrogens is 347 g/mol. The van der Waals surface area contributed by atoms with Crippen molar-refractivity contribution in [2.45, 2.75) is 13.8 Å². The molecular formula is C21H19FN2O3. The molecule has 0 bridgehead atoms. The van der Waals surface area contributed by atoms with Gasteiger partial charge in [0, 0.05) is 5.69 Å². The summed E-state index contributed by atoms with van der Waals surface area (Å²) in [4.78, 5) is 24.3. The van der Waals surface area contributed by atoms with E-state index < -0.39 is 11.7 Å². The Balaban J connectivity index is 1.61. The number of carbonyl (C=O) groups is 2. The molecule has 0 fully saturated rings. The molecule has 2 N–H and O–H groups in total. The lowest BCUT2D eigenvalue weighted by atomic mass is 10.1. The van der Waals surface area contributed by atoms with Crippen LogP contribution in [0, 0.1) is 19.7 Å². The first-order chi connectivity index (χ1) is 13.0. The summed E-state index contributed by atoms with van der Waals surface area (Å²) in [6.07, 6.45) is 0. The van der Waals surface area contributed by atoms with Gasteiger partial charge in [-0.1, -0.05) is 30.3 Å². The number of furan rings is 1. The number of halogens is 1. The van der Waals surface area contributed by atoms with Gasteiger partial charge in [0.05, 0.1) is 12.1 Å². The van der Waals surface area contributed by atoms with Crippen LogP contribution in [0.15, 0.2) is 59.0 Å². The number of hydrogen-bond donors (Lipinski definition) is 2. The highest BCUT2D eigenvalue weighted by Crippen LogP contribution is 2.24. The Morgan fingerprint density at radius 2 is 1.67 bits per heavy atom. The predicted molar refractivity (Wildman–Crippen MR) is 101 cm³/mol. The normalized spacial score (nSPS) is 10.5. The highest BCUT2D eigenvalue weighted by molar-refractivity contribution is 5.98. The molecule has 0 radical (unpaired) electrons. The molecule has 1 aromatic heterocycles. The smallest absolute Gasteiger partial charge is 0.287 e. The first kappa shape index (κ1) is 18.4. The van der Waals surface area contributed by atoms with Crippen molar-refractivity contribution in [1.82, 2.24) is 5.32 Å². The largest absolute Gasteiger partial charge is 0.451 e. The van der Waals surface area contributed by atoms with E-state index in [2.05, 4.69) is 10.6 Å². The van der Waals surface area contributed by atoms with Crippen LogP contribution in [0.5, 0.6) is 0 Å². The predicted octanol–water partition coefficient (Wildman–Crippen LogP) is 4.07. The van der Waals surface area contributed by atoms with Crippen molar-refractivity contribution in [3.8, 4) is 11.3 Å². The van der Waals surface area contributed by atoms with E-state index in [1.807, 2.05) is 32.0 Å². The second-order valence-corrected chi connectivity index (χ2v) is 6.14. The number of rotatable bonds is 5. The quantitative estimate of drug-likeness (QED) is 0.715. The van der Waals surface area contributed by atoms with Gasteiger partial charge in [0.25, 0.3) is 5.91 Å². The molecule has 27 heavy (non-hydrogen) atoms. The van der Waals surface area contributed by atoms with Gasteiger partial charge in [-0.05, 0) is 49.2 Å². The van der Waals surface area contributed by atoms with Crippen molar-refractivity contribution in [3.63, 3.8) is 0 Å². The maximum Gasteiger partial charge on any atom is 0.287 e. The van der Waals surface area contributed by atoms with Crippen LogP contribution in [0.2, 0.25) is 0 Å². The summed E-state index contributed by atoms with van der Waals surface area (Å²) in [5.41, 5.74) is 2.88. The number of benzene rings is 2. The van der Waals surface area contributed by atoms with Gasteiger partial charge in [-0.3, -0.25) is 9.59 Å². The molecule has 0 spiro atoms. The Morgan fingerprint density at radius 1 is 0.963 bits per heavy atom. The third-order valence-electron chi connectivity index (χ3n) is 4.12. The van der Waals surface area contributed by atoms with Crippen LogP contribution < -0.4 is 10.6 Å². The molecule has 6 heteroatoms. The second kappa shape index (κ2) is 7.86. The fourth-order valence-corrected chi connectivity index (χ4v) is 2.71. The van der Waals surface area contributed by atoms with Crippen molar-refractivity contribution in [2.75, 3.05) is 11.9 Å². The lowest BCUT2D eigenvalue weighted by molar-refractivity contribution is -0.115. The Kier molecular flexibility index (Phi) is 5.35. The fourth-order valence-electron chi connectivity index (χ4n) is 2.71. The standard InChI is InChI=1S/C21H19FN2O3/c1-13-6-5-7-14(2)20(13)24-19(25)12-23-21(26)18-11-10-17(27-18)15-8-3-4-9-16(15)22/h3-11H,12H2,1-2H3,(H,23,26)(H,24,25). The van der Waals surface area contributed by atoms with Crippen LogP contribution in [0.4, 0.5) is 10.1 Å². The molecule has 2 aromatic carbocycles. The van der Waals surface area contributed by atoms with Crippen LogP contribution >= 0.6 is 0 Å². The molecule has 3 rings (SSSR count). The summed E-state index contributed by atoms with van der Waals surface area (Å²) >= 11 is 0. The van der Waals surface area contributed by atoms with Crippen molar-refractivity contribution >= 4 is 17.5 Å². The summed E-state index contributed by atoms with van der Waals surface area (Å²) < 4.78 is 19.2. The number of amides is 2. The van der Waals surface area contributed by atoms with Gasteiger partial charge < -0.3 is 15.1 Å². The van der Waals surface area contributed by atoms with Crippen LogP contribution in [-0.4, -0.2) is 18.4 Å².